The molecule has 0 heterocycles. The number of benzene rings is 2. The van der Waals surface area contributed by atoms with Gasteiger partial charge in [0.1, 0.15) is 0 Å². The molecule has 0 aliphatic rings. The Balaban J connectivity index is 1.87. The van der Waals surface area contributed by atoms with Crippen LogP contribution in [-0.4, -0.2) is 29.6 Å². The monoisotopic (exact) mass is 369 g/mol. The van der Waals surface area contributed by atoms with Crippen molar-refractivity contribution in [3.63, 3.8) is 0 Å². The van der Waals surface area contributed by atoms with Gasteiger partial charge < -0.3 is 21.1 Å². The van der Waals surface area contributed by atoms with Crippen LogP contribution in [0.25, 0.3) is 0 Å². The van der Waals surface area contributed by atoms with Crippen LogP contribution in [0.2, 0.25) is 0 Å². The zero-order valence-corrected chi connectivity index (χ0v) is 15.1. The highest BCUT2D eigenvalue weighted by atomic mass is 16.4. The lowest BCUT2D eigenvalue weighted by atomic mass is 10.0. The molecule has 0 aliphatic heterocycles. The predicted molar refractivity (Wildman–Crippen MR) is 104 cm³/mol. The quantitative estimate of drug-likeness (QED) is 0.570. The molecule has 0 bridgehead atoms. The minimum Gasteiger partial charge on any atom is -0.481 e. The van der Waals surface area contributed by atoms with Crippen molar-refractivity contribution in [2.45, 2.75) is 19.8 Å². The smallest absolute Gasteiger partial charge is 0.323 e. The van der Waals surface area contributed by atoms with E-state index in [0.717, 1.165) is 6.42 Å². The first-order valence-electron chi connectivity index (χ1n) is 8.73. The Kier molecular flexibility index (Phi) is 7.37. The summed E-state index contributed by atoms with van der Waals surface area (Å²) in [6.07, 6.45) is 1.24. The van der Waals surface area contributed by atoms with E-state index in [-0.39, 0.29) is 18.5 Å². The molecule has 2 aromatic rings. The van der Waals surface area contributed by atoms with Crippen LogP contribution in [0.4, 0.5) is 16.2 Å². The maximum Gasteiger partial charge on any atom is 0.323 e. The molecule has 7 heteroatoms. The highest BCUT2D eigenvalue weighted by Crippen LogP contribution is 2.12. The maximum atomic E-state index is 12.1. The van der Waals surface area contributed by atoms with Crippen molar-refractivity contribution in [3.8, 4) is 0 Å². The standard InChI is InChI=1S/C20H23N3O4/c1-2-6-15(19(25)26)13-21-18(24)14-9-11-17(12-10-14)23-20(27)22-16-7-4-3-5-8-16/h3-5,7-12,15H,2,6,13H2,1H3,(H,21,24)(H,25,26)(H2,22,23,27). The normalized spacial score (nSPS) is 11.3. The molecule has 4 N–H and O–H groups in total. The predicted octanol–water partition coefficient (Wildman–Crippen LogP) is 3.56. The molecule has 1 atom stereocenters. The summed E-state index contributed by atoms with van der Waals surface area (Å²) in [5, 5.41) is 17.1. The third-order valence-electron chi connectivity index (χ3n) is 3.93. The van der Waals surface area contributed by atoms with E-state index < -0.39 is 11.9 Å². The number of hydrogen-bond donors (Lipinski definition) is 4. The Hall–Kier alpha value is -3.35. The van der Waals surface area contributed by atoms with E-state index in [0.29, 0.717) is 23.4 Å². The third-order valence-corrected chi connectivity index (χ3v) is 3.93. The molecule has 0 spiro atoms. The van der Waals surface area contributed by atoms with Gasteiger partial charge in [-0.2, -0.15) is 0 Å². The Labute approximate surface area is 157 Å². The average molecular weight is 369 g/mol. The number of carboxylic acid groups (broad SMARTS) is 1. The molecule has 0 aliphatic carbocycles. The number of amides is 3. The molecular formula is C20H23N3O4. The van der Waals surface area contributed by atoms with Gasteiger partial charge in [-0.15, -0.1) is 0 Å². The summed E-state index contributed by atoms with van der Waals surface area (Å²) in [4.78, 5) is 35.2. The lowest BCUT2D eigenvalue weighted by molar-refractivity contribution is -0.141. The second-order valence-electron chi connectivity index (χ2n) is 6.06. The number of para-hydroxylation sites is 1. The molecule has 27 heavy (non-hydrogen) atoms. The number of aliphatic carboxylic acids is 1. The lowest BCUT2D eigenvalue weighted by Crippen LogP contribution is -2.32. The Morgan fingerprint density at radius 2 is 1.52 bits per heavy atom. The number of rotatable bonds is 8. The van der Waals surface area contributed by atoms with E-state index in [1.165, 1.54) is 0 Å². The fourth-order valence-electron chi connectivity index (χ4n) is 2.50. The molecule has 0 aromatic heterocycles. The Bertz CT molecular complexity index is 776. The number of urea groups is 1. The van der Waals surface area contributed by atoms with Crippen molar-refractivity contribution in [1.82, 2.24) is 5.32 Å². The summed E-state index contributed by atoms with van der Waals surface area (Å²) in [6, 6.07) is 15.0. The summed E-state index contributed by atoms with van der Waals surface area (Å²) in [6.45, 7) is 1.99. The first-order valence-corrected chi connectivity index (χ1v) is 8.73. The fraction of sp³-hybridized carbons (Fsp3) is 0.250. The van der Waals surface area contributed by atoms with Gasteiger partial charge in [-0.05, 0) is 42.8 Å². The average Bonchev–Trinajstić information content (AvgIpc) is 2.66. The van der Waals surface area contributed by atoms with Crippen molar-refractivity contribution in [3.05, 3.63) is 60.2 Å². The Morgan fingerprint density at radius 1 is 0.926 bits per heavy atom. The number of nitrogens with one attached hydrogen (secondary N) is 3. The van der Waals surface area contributed by atoms with Crippen LogP contribution >= 0.6 is 0 Å². The first kappa shape index (κ1) is 20.0. The van der Waals surface area contributed by atoms with Crippen molar-refractivity contribution in [1.29, 1.82) is 0 Å². The van der Waals surface area contributed by atoms with Crippen molar-refractivity contribution in [2.24, 2.45) is 5.92 Å². The largest absolute Gasteiger partial charge is 0.481 e. The van der Waals surface area contributed by atoms with E-state index in [9.17, 15) is 14.4 Å². The SMILES string of the molecule is CCCC(CNC(=O)c1ccc(NC(=O)Nc2ccccc2)cc1)C(=O)O. The molecule has 2 aromatic carbocycles. The van der Waals surface area contributed by atoms with Gasteiger partial charge in [0, 0.05) is 23.5 Å². The van der Waals surface area contributed by atoms with Crippen LogP contribution in [-0.2, 0) is 4.79 Å². The van der Waals surface area contributed by atoms with E-state index in [2.05, 4.69) is 16.0 Å². The second-order valence-corrected chi connectivity index (χ2v) is 6.06. The number of anilines is 2. The number of carbonyl (C=O) groups is 3. The van der Waals surface area contributed by atoms with Gasteiger partial charge in [0.05, 0.1) is 5.92 Å². The molecule has 1 unspecified atom stereocenters. The van der Waals surface area contributed by atoms with Gasteiger partial charge in [0.25, 0.3) is 5.91 Å². The van der Waals surface area contributed by atoms with Crippen LogP contribution in [0.5, 0.6) is 0 Å². The molecule has 0 fully saturated rings. The maximum absolute atomic E-state index is 12.1. The number of hydrogen-bond acceptors (Lipinski definition) is 3. The topological polar surface area (TPSA) is 108 Å². The van der Waals surface area contributed by atoms with Gasteiger partial charge in [0.2, 0.25) is 0 Å². The summed E-state index contributed by atoms with van der Waals surface area (Å²) in [5.74, 6) is -1.86. The third kappa shape index (κ3) is 6.47. The zero-order chi connectivity index (χ0) is 19.6. The summed E-state index contributed by atoms with van der Waals surface area (Å²) in [5.41, 5.74) is 1.60. The van der Waals surface area contributed by atoms with E-state index in [4.69, 9.17) is 5.11 Å². The van der Waals surface area contributed by atoms with Crippen LogP contribution in [0.3, 0.4) is 0 Å². The highest BCUT2D eigenvalue weighted by molar-refractivity contribution is 6.00. The van der Waals surface area contributed by atoms with E-state index >= 15 is 0 Å². The lowest BCUT2D eigenvalue weighted by Gasteiger charge is -2.12. The fourth-order valence-corrected chi connectivity index (χ4v) is 2.50. The van der Waals surface area contributed by atoms with Crippen molar-refractivity contribution in [2.75, 3.05) is 17.2 Å². The van der Waals surface area contributed by atoms with E-state index in [1.54, 1.807) is 36.4 Å². The van der Waals surface area contributed by atoms with Gasteiger partial charge in [-0.25, -0.2) is 4.79 Å². The molecular weight excluding hydrogens is 346 g/mol. The van der Waals surface area contributed by atoms with Gasteiger partial charge in [-0.1, -0.05) is 31.5 Å². The zero-order valence-electron chi connectivity index (χ0n) is 15.1. The number of carboxylic acids is 1. The number of carbonyl (C=O) groups excluding carboxylic acids is 2. The highest BCUT2D eigenvalue weighted by Gasteiger charge is 2.17. The van der Waals surface area contributed by atoms with Gasteiger partial charge in [-0.3, -0.25) is 9.59 Å². The minimum atomic E-state index is -0.916. The summed E-state index contributed by atoms with van der Waals surface area (Å²) < 4.78 is 0. The minimum absolute atomic E-state index is 0.0848. The second kappa shape index (κ2) is 9.96. The van der Waals surface area contributed by atoms with E-state index in [1.807, 2.05) is 25.1 Å². The molecule has 142 valence electrons. The molecule has 0 saturated carbocycles. The Morgan fingerprint density at radius 3 is 2.07 bits per heavy atom. The van der Waals surface area contributed by atoms with Crippen LogP contribution in [0.1, 0.15) is 30.1 Å². The molecule has 0 radical (unpaired) electrons. The molecule has 2 rings (SSSR count). The summed E-state index contributed by atoms with van der Waals surface area (Å²) in [7, 11) is 0. The van der Waals surface area contributed by atoms with Crippen LogP contribution in [0.15, 0.2) is 54.6 Å². The van der Waals surface area contributed by atoms with Crippen LogP contribution < -0.4 is 16.0 Å². The molecule has 7 nitrogen and oxygen atoms in total. The van der Waals surface area contributed by atoms with Crippen molar-refractivity contribution < 1.29 is 19.5 Å². The van der Waals surface area contributed by atoms with Crippen LogP contribution in [0, 0.1) is 5.92 Å². The summed E-state index contributed by atoms with van der Waals surface area (Å²) >= 11 is 0. The van der Waals surface area contributed by atoms with Gasteiger partial charge >= 0.3 is 12.0 Å². The van der Waals surface area contributed by atoms with Gasteiger partial charge in [0.15, 0.2) is 0 Å². The first-order chi connectivity index (χ1) is 13.0. The van der Waals surface area contributed by atoms with Crippen molar-refractivity contribution >= 4 is 29.3 Å². The molecule has 0 saturated heterocycles. The molecule has 3 amide bonds.